The van der Waals surface area contributed by atoms with Crippen LogP contribution in [0.5, 0.6) is 0 Å². The van der Waals surface area contributed by atoms with Crippen molar-refractivity contribution in [2.75, 3.05) is 19.8 Å². The van der Waals surface area contributed by atoms with E-state index >= 15 is 0 Å². The van der Waals surface area contributed by atoms with Gasteiger partial charge in [0.15, 0.2) is 0 Å². The number of nitrogens with one attached hydrogen (secondary N) is 2. The minimum absolute atomic E-state index is 0.0279. The molecule has 2 atom stereocenters. The lowest BCUT2D eigenvalue weighted by Crippen LogP contribution is -2.61. The van der Waals surface area contributed by atoms with Crippen LogP contribution in [-0.4, -0.2) is 54.5 Å². The van der Waals surface area contributed by atoms with Crippen molar-refractivity contribution in [3.63, 3.8) is 0 Å². The van der Waals surface area contributed by atoms with Gasteiger partial charge in [0, 0.05) is 5.92 Å². The van der Waals surface area contributed by atoms with E-state index in [0.29, 0.717) is 12.8 Å². The van der Waals surface area contributed by atoms with E-state index in [-0.39, 0.29) is 31.6 Å². The normalized spacial score (nSPS) is 24.4. The van der Waals surface area contributed by atoms with Gasteiger partial charge in [-0.2, -0.15) is 0 Å². The maximum Gasteiger partial charge on any atom is 0.408 e. The molecule has 3 aliphatic rings. The SMILES string of the molecule is CC1(C(=O)O)COCC1NC(=O)C1(NC(=O)OCC2c3ccccc3-c3ccccc32)CCCC1. The summed E-state index contributed by atoms with van der Waals surface area (Å²) in [6, 6.07) is 15.5. The highest BCUT2D eigenvalue weighted by molar-refractivity contribution is 5.91. The lowest BCUT2D eigenvalue weighted by atomic mass is 9.84. The number of carbonyl (C=O) groups excluding carboxylic acids is 2. The molecule has 1 aliphatic heterocycles. The number of aliphatic carboxylic acids is 1. The van der Waals surface area contributed by atoms with Gasteiger partial charge in [-0.05, 0) is 42.0 Å². The summed E-state index contributed by atoms with van der Waals surface area (Å²) < 4.78 is 11.0. The zero-order chi connectivity index (χ0) is 24.6. The van der Waals surface area contributed by atoms with Gasteiger partial charge < -0.3 is 25.2 Å². The predicted octanol–water partition coefficient (Wildman–Crippen LogP) is 3.44. The van der Waals surface area contributed by atoms with Crippen LogP contribution in [-0.2, 0) is 19.1 Å². The quantitative estimate of drug-likeness (QED) is 0.586. The third-order valence-corrected chi connectivity index (χ3v) is 7.83. The maximum absolute atomic E-state index is 13.3. The van der Waals surface area contributed by atoms with Crippen LogP contribution in [0.3, 0.4) is 0 Å². The summed E-state index contributed by atoms with van der Waals surface area (Å²) in [5, 5.41) is 15.3. The number of benzene rings is 2. The molecule has 3 N–H and O–H groups in total. The molecule has 0 aromatic heterocycles. The molecule has 184 valence electrons. The fourth-order valence-electron chi connectivity index (χ4n) is 5.60. The highest BCUT2D eigenvalue weighted by Gasteiger charge is 2.50. The number of alkyl carbamates (subject to hydrolysis) is 1. The van der Waals surface area contributed by atoms with Crippen molar-refractivity contribution in [1.82, 2.24) is 10.6 Å². The molecular formula is C27H30N2O6. The number of fused-ring (bicyclic) bond motifs is 3. The first kappa shape index (κ1) is 23.4. The molecule has 1 saturated carbocycles. The monoisotopic (exact) mass is 478 g/mol. The van der Waals surface area contributed by atoms with Gasteiger partial charge >= 0.3 is 12.1 Å². The molecule has 2 aromatic carbocycles. The summed E-state index contributed by atoms with van der Waals surface area (Å²) >= 11 is 0. The van der Waals surface area contributed by atoms with Crippen molar-refractivity contribution >= 4 is 18.0 Å². The third-order valence-electron chi connectivity index (χ3n) is 7.83. The highest BCUT2D eigenvalue weighted by atomic mass is 16.5. The van der Waals surface area contributed by atoms with Crippen molar-refractivity contribution in [2.45, 2.75) is 50.1 Å². The van der Waals surface area contributed by atoms with Crippen LogP contribution < -0.4 is 10.6 Å². The van der Waals surface area contributed by atoms with Crippen molar-refractivity contribution in [3.8, 4) is 11.1 Å². The highest BCUT2D eigenvalue weighted by Crippen LogP contribution is 2.44. The van der Waals surface area contributed by atoms with Crippen molar-refractivity contribution in [2.24, 2.45) is 5.41 Å². The van der Waals surface area contributed by atoms with Crippen molar-refractivity contribution in [3.05, 3.63) is 59.7 Å². The number of ether oxygens (including phenoxy) is 2. The van der Waals surface area contributed by atoms with Gasteiger partial charge in [-0.15, -0.1) is 0 Å². The van der Waals surface area contributed by atoms with Crippen LogP contribution in [0, 0.1) is 5.41 Å². The fraction of sp³-hybridized carbons (Fsp3) is 0.444. The molecule has 8 heteroatoms. The fourth-order valence-corrected chi connectivity index (χ4v) is 5.60. The molecule has 2 fully saturated rings. The van der Waals surface area contributed by atoms with E-state index in [2.05, 4.69) is 34.9 Å². The molecule has 5 rings (SSSR count). The second kappa shape index (κ2) is 9.00. The molecule has 35 heavy (non-hydrogen) atoms. The Bertz CT molecular complexity index is 1110. The van der Waals surface area contributed by atoms with Crippen LogP contribution >= 0.6 is 0 Å². The van der Waals surface area contributed by atoms with Crippen LogP contribution in [0.1, 0.15) is 49.7 Å². The minimum atomic E-state index is -1.21. The molecule has 0 bridgehead atoms. The number of carboxylic acids is 1. The Hall–Kier alpha value is -3.39. The number of carboxylic acid groups (broad SMARTS) is 1. The summed E-state index contributed by atoms with van der Waals surface area (Å²) in [5.74, 6) is -1.48. The molecule has 8 nitrogen and oxygen atoms in total. The molecule has 2 aliphatic carbocycles. The standard InChI is InChI=1S/C27H30N2O6/c1-26(24(31)32)16-34-15-22(26)28-23(30)27(12-6-7-13-27)29-25(33)35-14-21-19-10-4-2-8-17(19)18-9-3-5-11-20(18)21/h2-5,8-11,21-22H,6-7,12-16H2,1H3,(H,28,30)(H,29,33)(H,31,32). The zero-order valence-corrected chi connectivity index (χ0v) is 19.7. The maximum atomic E-state index is 13.3. The van der Waals surface area contributed by atoms with Gasteiger partial charge in [0.05, 0.1) is 19.3 Å². The summed E-state index contributed by atoms with van der Waals surface area (Å²) in [4.78, 5) is 38.0. The van der Waals surface area contributed by atoms with Gasteiger partial charge in [-0.3, -0.25) is 9.59 Å². The molecule has 1 saturated heterocycles. The number of rotatable bonds is 6. The number of hydrogen-bond donors (Lipinski definition) is 3. The Kier molecular flexibility index (Phi) is 6.01. The van der Waals surface area contributed by atoms with E-state index in [4.69, 9.17) is 9.47 Å². The molecule has 0 spiro atoms. The van der Waals surface area contributed by atoms with E-state index in [9.17, 15) is 19.5 Å². The molecular weight excluding hydrogens is 448 g/mol. The Morgan fingerprint density at radius 3 is 2.23 bits per heavy atom. The average molecular weight is 479 g/mol. The second-order valence-corrected chi connectivity index (χ2v) is 10.0. The largest absolute Gasteiger partial charge is 0.481 e. The Morgan fingerprint density at radius 1 is 1.03 bits per heavy atom. The molecule has 1 heterocycles. The molecule has 2 unspecified atom stereocenters. The summed E-state index contributed by atoms with van der Waals surface area (Å²) in [6.45, 7) is 1.87. The first-order chi connectivity index (χ1) is 16.8. The van der Waals surface area contributed by atoms with E-state index in [1.165, 1.54) is 0 Å². The number of amides is 2. The second-order valence-electron chi connectivity index (χ2n) is 10.0. The van der Waals surface area contributed by atoms with Gasteiger partial charge in [0.25, 0.3) is 0 Å². The van der Waals surface area contributed by atoms with Crippen molar-refractivity contribution < 1.29 is 29.0 Å². The summed E-state index contributed by atoms with van der Waals surface area (Å²) in [5.41, 5.74) is 2.19. The van der Waals surface area contributed by atoms with Crippen LogP contribution in [0.2, 0.25) is 0 Å². The molecule has 2 amide bonds. The molecule has 0 radical (unpaired) electrons. The summed E-state index contributed by atoms with van der Waals surface area (Å²) in [6.07, 6.45) is 1.87. The van der Waals surface area contributed by atoms with E-state index in [1.807, 2.05) is 24.3 Å². The van der Waals surface area contributed by atoms with Gasteiger partial charge in [0.2, 0.25) is 5.91 Å². The van der Waals surface area contributed by atoms with E-state index < -0.39 is 29.1 Å². The Morgan fingerprint density at radius 2 is 1.63 bits per heavy atom. The lowest BCUT2D eigenvalue weighted by Gasteiger charge is -2.33. The first-order valence-corrected chi connectivity index (χ1v) is 12.1. The predicted molar refractivity (Wildman–Crippen MR) is 128 cm³/mol. The minimum Gasteiger partial charge on any atom is -0.481 e. The van der Waals surface area contributed by atoms with Crippen LogP contribution in [0.25, 0.3) is 11.1 Å². The Balaban J connectivity index is 1.27. The number of hydrogen-bond acceptors (Lipinski definition) is 5. The van der Waals surface area contributed by atoms with E-state index in [1.54, 1.807) is 6.92 Å². The molecule has 2 aromatic rings. The van der Waals surface area contributed by atoms with Gasteiger partial charge in [0.1, 0.15) is 17.6 Å². The van der Waals surface area contributed by atoms with Crippen LogP contribution in [0.4, 0.5) is 4.79 Å². The smallest absolute Gasteiger partial charge is 0.408 e. The van der Waals surface area contributed by atoms with Gasteiger partial charge in [-0.1, -0.05) is 61.4 Å². The Labute approximate surface area is 204 Å². The topological polar surface area (TPSA) is 114 Å². The van der Waals surface area contributed by atoms with E-state index in [0.717, 1.165) is 35.1 Å². The number of carbonyl (C=O) groups is 3. The zero-order valence-electron chi connectivity index (χ0n) is 19.7. The van der Waals surface area contributed by atoms with Crippen LogP contribution in [0.15, 0.2) is 48.5 Å². The van der Waals surface area contributed by atoms with Crippen molar-refractivity contribution in [1.29, 1.82) is 0 Å². The summed E-state index contributed by atoms with van der Waals surface area (Å²) in [7, 11) is 0. The lowest BCUT2D eigenvalue weighted by molar-refractivity contribution is -0.149. The third kappa shape index (κ3) is 4.05. The van der Waals surface area contributed by atoms with Gasteiger partial charge in [-0.25, -0.2) is 4.79 Å². The average Bonchev–Trinajstić information content (AvgIpc) is 3.55. The first-order valence-electron chi connectivity index (χ1n) is 12.1.